The van der Waals surface area contributed by atoms with Crippen LogP contribution in [0.15, 0.2) is 0 Å². The van der Waals surface area contributed by atoms with E-state index < -0.39 is 27.6 Å². The maximum atomic E-state index is 11.8. The second-order valence-electron chi connectivity index (χ2n) is 5.26. The van der Waals surface area contributed by atoms with E-state index in [2.05, 4.69) is 15.4 Å². The number of hydrogen-bond donors (Lipinski definition) is 4. The molecule has 0 spiro atoms. The first-order valence-electron chi connectivity index (χ1n) is 7.04. The minimum absolute atomic E-state index is 0.0235. The molecule has 0 aromatic carbocycles. The fraction of sp³-hybridized carbons (Fsp3) is 0.833. The van der Waals surface area contributed by atoms with Gasteiger partial charge in [0.15, 0.2) is 0 Å². The number of amides is 2. The molecule has 1 rings (SSSR count). The first kappa shape index (κ1) is 17.7. The predicted molar refractivity (Wildman–Crippen MR) is 77.4 cm³/mol. The van der Waals surface area contributed by atoms with Crippen LogP contribution < -0.4 is 15.4 Å². The SMILES string of the molecule is CCNS(=O)(=O)CCNC(=O)NC1(CC(=O)O)CCCC1. The van der Waals surface area contributed by atoms with Gasteiger partial charge in [0, 0.05) is 13.1 Å². The highest BCUT2D eigenvalue weighted by molar-refractivity contribution is 7.89. The zero-order valence-electron chi connectivity index (χ0n) is 12.1. The summed E-state index contributed by atoms with van der Waals surface area (Å²) in [6, 6.07) is -0.523. The number of nitrogens with one attached hydrogen (secondary N) is 3. The van der Waals surface area contributed by atoms with Crippen LogP contribution in [0.4, 0.5) is 4.79 Å². The third-order valence-corrected chi connectivity index (χ3v) is 4.92. The van der Waals surface area contributed by atoms with Crippen LogP contribution in [0.2, 0.25) is 0 Å². The van der Waals surface area contributed by atoms with E-state index in [4.69, 9.17) is 5.11 Å². The zero-order chi connectivity index (χ0) is 15.9. The molecule has 0 aromatic rings. The lowest BCUT2D eigenvalue weighted by atomic mass is 9.93. The van der Waals surface area contributed by atoms with Crippen LogP contribution in [0.1, 0.15) is 39.0 Å². The molecule has 0 atom stereocenters. The summed E-state index contributed by atoms with van der Waals surface area (Å²) >= 11 is 0. The number of rotatable bonds is 8. The van der Waals surface area contributed by atoms with Crippen molar-refractivity contribution >= 4 is 22.0 Å². The molecule has 0 heterocycles. The van der Waals surface area contributed by atoms with Crippen molar-refractivity contribution in [2.24, 2.45) is 0 Å². The Hall–Kier alpha value is -1.35. The first-order chi connectivity index (χ1) is 9.79. The summed E-state index contributed by atoms with van der Waals surface area (Å²) in [5.41, 5.74) is -0.712. The van der Waals surface area contributed by atoms with Crippen molar-refractivity contribution < 1.29 is 23.1 Å². The number of sulfonamides is 1. The molecular weight excluding hydrogens is 298 g/mol. The fourth-order valence-electron chi connectivity index (χ4n) is 2.56. The van der Waals surface area contributed by atoms with Crippen LogP contribution in [0.3, 0.4) is 0 Å². The lowest BCUT2D eigenvalue weighted by molar-refractivity contribution is -0.138. The zero-order valence-corrected chi connectivity index (χ0v) is 13.0. The minimum Gasteiger partial charge on any atom is -0.481 e. The van der Waals surface area contributed by atoms with Crippen molar-refractivity contribution in [1.82, 2.24) is 15.4 Å². The van der Waals surface area contributed by atoms with E-state index in [9.17, 15) is 18.0 Å². The summed E-state index contributed by atoms with van der Waals surface area (Å²) in [7, 11) is -3.38. The summed E-state index contributed by atoms with van der Waals surface area (Å²) < 4.78 is 25.1. The molecule has 0 aliphatic heterocycles. The molecule has 8 nitrogen and oxygen atoms in total. The Bertz CT molecular complexity index is 471. The van der Waals surface area contributed by atoms with Gasteiger partial charge in [-0.2, -0.15) is 0 Å². The molecule has 1 saturated carbocycles. The van der Waals surface area contributed by atoms with Crippen molar-refractivity contribution in [1.29, 1.82) is 0 Å². The van der Waals surface area contributed by atoms with E-state index in [1.165, 1.54) is 0 Å². The molecule has 1 aliphatic carbocycles. The summed E-state index contributed by atoms with van der Waals surface area (Å²) in [6.07, 6.45) is 2.89. The molecule has 0 unspecified atom stereocenters. The van der Waals surface area contributed by atoms with Crippen molar-refractivity contribution in [2.45, 2.75) is 44.6 Å². The van der Waals surface area contributed by atoms with Gasteiger partial charge < -0.3 is 15.7 Å². The van der Waals surface area contributed by atoms with Gasteiger partial charge in [0.1, 0.15) is 0 Å². The molecule has 0 saturated heterocycles. The molecule has 1 fully saturated rings. The van der Waals surface area contributed by atoms with E-state index >= 15 is 0 Å². The van der Waals surface area contributed by atoms with Crippen LogP contribution in [0.25, 0.3) is 0 Å². The number of aliphatic carboxylic acids is 1. The van der Waals surface area contributed by atoms with Gasteiger partial charge in [0.25, 0.3) is 0 Å². The second-order valence-corrected chi connectivity index (χ2v) is 7.18. The molecule has 2 amide bonds. The molecule has 21 heavy (non-hydrogen) atoms. The summed E-state index contributed by atoms with van der Waals surface area (Å²) in [5.74, 6) is -1.16. The Morgan fingerprint density at radius 1 is 1.24 bits per heavy atom. The van der Waals surface area contributed by atoms with Gasteiger partial charge in [-0.15, -0.1) is 0 Å². The molecule has 0 bridgehead atoms. The van der Waals surface area contributed by atoms with Gasteiger partial charge in [0.2, 0.25) is 10.0 Å². The molecule has 122 valence electrons. The van der Waals surface area contributed by atoms with E-state index in [1.54, 1.807) is 6.92 Å². The quantitative estimate of drug-likeness (QED) is 0.501. The van der Waals surface area contributed by atoms with Gasteiger partial charge in [-0.3, -0.25) is 4.79 Å². The third kappa shape index (κ3) is 6.30. The summed E-state index contributed by atoms with van der Waals surface area (Å²) in [6.45, 7) is 1.95. The maximum Gasteiger partial charge on any atom is 0.315 e. The standard InChI is InChI=1S/C12H23N3O5S/c1-2-14-21(19,20)8-7-13-11(18)15-12(9-10(16)17)5-3-4-6-12/h14H,2-9H2,1H3,(H,16,17)(H2,13,15,18). The Kier molecular flexibility index (Phi) is 6.41. The third-order valence-electron chi connectivity index (χ3n) is 3.45. The minimum atomic E-state index is -3.38. The van der Waals surface area contributed by atoms with Crippen molar-refractivity contribution in [3.05, 3.63) is 0 Å². The van der Waals surface area contributed by atoms with Crippen molar-refractivity contribution in [3.63, 3.8) is 0 Å². The Labute approximate surface area is 124 Å². The second kappa shape index (κ2) is 7.60. The topological polar surface area (TPSA) is 125 Å². The van der Waals surface area contributed by atoms with Gasteiger partial charge in [-0.1, -0.05) is 19.8 Å². The lowest BCUT2D eigenvalue weighted by Gasteiger charge is -2.28. The number of carbonyl (C=O) groups is 2. The van der Waals surface area contributed by atoms with Crippen LogP contribution in [0, 0.1) is 0 Å². The van der Waals surface area contributed by atoms with E-state index in [-0.39, 0.29) is 18.7 Å². The van der Waals surface area contributed by atoms with Gasteiger partial charge >= 0.3 is 12.0 Å². The number of carboxylic acid groups (broad SMARTS) is 1. The van der Waals surface area contributed by atoms with Gasteiger partial charge in [-0.25, -0.2) is 17.9 Å². The Morgan fingerprint density at radius 2 is 1.86 bits per heavy atom. The number of urea groups is 1. The van der Waals surface area contributed by atoms with Gasteiger partial charge in [0.05, 0.1) is 17.7 Å². The summed E-state index contributed by atoms with van der Waals surface area (Å²) in [5, 5.41) is 14.1. The largest absolute Gasteiger partial charge is 0.481 e. The highest BCUT2D eigenvalue weighted by atomic mass is 32.2. The van der Waals surface area contributed by atoms with Crippen molar-refractivity contribution in [3.8, 4) is 0 Å². The highest BCUT2D eigenvalue weighted by Gasteiger charge is 2.37. The smallest absolute Gasteiger partial charge is 0.315 e. The summed E-state index contributed by atoms with van der Waals surface area (Å²) in [4.78, 5) is 22.7. The first-order valence-corrected chi connectivity index (χ1v) is 8.69. The molecular formula is C12H23N3O5S. The van der Waals surface area contributed by atoms with Crippen LogP contribution >= 0.6 is 0 Å². The molecule has 0 radical (unpaired) electrons. The number of hydrogen-bond acceptors (Lipinski definition) is 4. The van der Waals surface area contributed by atoms with E-state index in [0.717, 1.165) is 12.8 Å². The molecule has 9 heteroatoms. The highest BCUT2D eigenvalue weighted by Crippen LogP contribution is 2.32. The van der Waals surface area contributed by atoms with Crippen LogP contribution in [-0.4, -0.2) is 49.9 Å². The average molecular weight is 321 g/mol. The Morgan fingerprint density at radius 3 is 2.38 bits per heavy atom. The Balaban J connectivity index is 2.43. The average Bonchev–Trinajstić information content (AvgIpc) is 2.75. The normalized spacial score (nSPS) is 17.4. The van der Waals surface area contributed by atoms with E-state index in [0.29, 0.717) is 19.4 Å². The molecule has 0 aromatic heterocycles. The van der Waals surface area contributed by atoms with Gasteiger partial charge in [-0.05, 0) is 12.8 Å². The van der Waals surface area contributed by atoms with Crippen LogP contribution in [0.5, 0.6) is 0 Å². The fourth-order valence-corrected chi connectivity index (χ4v) is 3.52. The monoisotopic (exact) mass is 321 g/mol. The van der Waals surface area contributed by atoms with Crippen molar-refractivity contribution in [2.75, 3.05) is 18.8 Å². The van der Waals surface area contributed by atoms with Crippen LogP contribution in [-0.2, 0) is 14.8 Å². The number of carbonyl (C=O) groups excluding carboxylic acids is 1. The number of carboxylic acids is 1. The molecule has 4 N–H and O–H groups in total. The predicted octanol–water partition coefficient (Wildman–Crippen LogP) is 0.0124. The van der Waals surface area contributed by atoms with E-state index in [1.807, 2.05) is 0 Å². The lowest BCUT2D eigenvalue weighted by Crippen LogP contribution is -2.52. The maximum absolute atomic E-state index is 11.8. The molecule has 1 aliphatic rings.